The van der Waals surface area contributed by atoms with E-state index in [0.717, 1.165) is 10.1 Å². The molecule has 0 atom stereocenters. The Morgan fingerprint density at radius 2 is 1.70 bits per heavy atom. The maximum atomic E-state index is 13.6. The number of halogens is 4. The van der Waals surface area contributed by atoms with Gasteiger partial charge >= 0.3 is 6.18 Å². The highest BCUT2D eigenvalue weighted by molar-refractivity contribution is 6.34. The molecular weight excluding hydrogens is 415 g/mol. The highest BCUT2D eigenvalue weighted by Gasteiger charge is 2.37. The molecule has 0 unspecified atom stereocenters. The summed E-state index contributed by atoms with van der Waals surface area (Å²) in [6.45, 7) is 0.0253. The largest absolute Gasteiger partial charge is 0.449 e. The summed E-state index contributed by atoms with van der Waals surface area (Å²) in [5.41, 5.74) is 1.77. The number of fused-ring (bicyclic) bond motifs is 1. The lowest BCUT2D eigenvalue weighted by molar-refractivity contribution is -0.146. The predicted octanol–water partition coefficient (Wildman–Crippen LogP) is 6.01. The minimum absolute atomic E-state index is 0.0253. The quantitative estimate of drug-likeness (QED) is 0.432. The smallest absolute Gasteiger partial charge is 0.322 e. The standard InChI is InChI=1S/C22H15ClF3N3O/c23-17-9-5-4-8-16(17)20(30)27-15-10-11-19-18(12-15)28-21(22(24,25)26)29(19)13-14-6-2-1-3-7-14/h1-12H,13H2,(H,27,30). The first-order valence-corrected chi connectivity index (χ1v) is 9.38. The van der Waals surface area contributed by atoms with Crippen molar-refractivity contribution in [2.75, 3.05) is 5.32 Å². The number of carbonyl (C=O) groups excluding carboxylic acids is 1. The van der Waals surface area contributed by atoms with Gasteiger partial charge in [-0.3, -0.25) is 4.79 Å². The molecule has 0 fully saturated rings. The van der Waals surface area contributed by atoms with E-state index >= 15 is 0 Å². The topological polar surface area (TPSA) is 46.9 Å². The third kappa shape index (κ3) is 4.02. The molecule has 0 aliphatic rings. The Hall–Kier alpha value is -3.32. The summed E-state index contributed by atoms with van der Waals surface area (Å²) >= 11 is 6.03. The zero-order valence-corrected chi connectivity index (χ0v) is 16.2. The summed E-state index contributed by atoms with van der Waals surface area (Å²) in [6.07, 6.45) is -4.62. The van der Waals surface area contributed by atoms with E-state index in [1.165, 1.54) is 12.1 Å². The van der Waals surface area contributed by atoms with E-state index in [1.54, 1.807) is 60.7 Å². The number of hydrogen-bond acceptors (Lipinski definition) is 2. The molecule has 4 nitrogen and oxygen atoms in total. The monoisotopic (exact) mass is 429 g/mol. The van der Waals surface area contributed by atoms with Crippen molar-refractivity contribution in [3.05, 3.63) is 94.8 Å². The molecular formula is C22H15ClF3N3O. The van der Waals surface area contributed by atoms with Crippen LogP contribution in [0.4, 0.5) is 18.9 Å². The first-order valence-electron chi connectivity index (χ1n) is 9.00. The maximum absolute atomic E-state index is 13.6. The van der Waals surface area contributed by atoms with Crippen LogP contribution in [-0.4, -0.2) is 15.5 Å². The normalized spacial score (nSPS) is 11.6. The van der Waals surface area contributed by atoms with Gasteiger partial charge in [0.15, 0.2) is 0 Å². The lowest BCUT2D eigenvalue weighted by Gasteiger charge is -2.11. The average Bonchev–Trinajstić information content (AvgIpc) is 3.07. The van der Waals surface area contributed by atoms with Crippen LogP contribution in [0.1, 0.15) is 21.7 Å². The Morgan fingerprint density at radius 3 is 2.40 bits per heavy atom. The van der Waals surface area contributed by atoms with Gasteiger partial charge in [-0.25, -0.2) is 4.98 Å². The number of aromatic nitrogens is 2. The molecule has 8 heteroatoms. The van der Waals surface area contributed by atoms with Crippen molar-refractivity contribution in [3.8, 4) is 0 Å². The number of nitrogens with zero attached hydrogens (tertiary/aromatic N) is 2. The molecule has 1 N–H and O–H groups in total. The molecule has 152 valence electrons. The van der Waals surface area contributed by atoms with Crippen molar-refractivity contribution in [2.45, 2.75) is 12.7 Å². The van der Waals surface area contributed by atoms with Crippen LogP contribution in [0.5, 0.6) is 0 Å². The molecule has 4 aromatic rings. The molecule has 0 bridgehead atoms. The van der Waals surface area contributed by atoms with Gasteiger partial charge < -0.3 is 9.88 Å². The fourth-order valence-corrected chi connectivity index (χ4v) is 3.42. The molecule has 1 aromatic heterocycles. The van der Waals surface area contributed by atoms with Crippen molar-refractivity contribution in [2.24, 2.45) is 0 Å². The van der Waals surface area contributed by atoms with Gasteiger partial charge in [-0.2, -0.15) is 13.2 Å². The molecule has 0 saturated carbocycles. The maximum Gasteiger partial charge on any atom is 0.449 e. The Labute approximate surface area is 174 Å². The second-order valence-corrected chi connectivity index (χ2v) is 7.05. The van der Waals surface area contributed by atoms with Crippen LogP contribution in [0, 0.1) is 0 Å². The molecule has 0 spiro atoms. The highest BCUT2D eigenvalue weighted by atomic mass is 35.5. The van der Waals surface area contributed by atoms with Gasteiger partial charge in [-0.1, -0.05) is 54.1 Å². The Kier molecular flexibility index (Phi) is 5.22. The van der Waals surface area contributed by atoms with Gasteiger partial charge in [0.25, 0.3) is 5.91 Å². The van der Waals surface area contributed by atoms with E-state index in [2.05, 4.69) is 10.3 Å². The summed E-state index contributed by atoms with van der Waals surface area (Å²) in [4.78, 5) is 16.2. The van der Waals surface area contributed by atoms with E-state index in [4.69, 9.17) is 11.6 Å². The second-order valence-electron chi connectivity index (χ2n) is 6.64. The molecule has 1 heterocycles. The van der Waals surface area contributed by atoms with Gasteiger partial charge in [0.05, 0.1) is 21.6 Å². The van der Waals surface area contributed by atoms with Crippen molar-refractivity contribution in [1.29, 1.82) is 0 Å². The molecule has 0 saturated heterocycles. The average molecular weight is 430 g/mol. The van der Waals surface area contributed by atoms with Gasteiger partial charge in [0, 0.05) is 12.2 Å². The minimum Gasteiger partial charge on any atom is -0.322 e. The molecule has 30 heavy (non-hydrogen) atoms. The Balaban J connectivity index is 1.71. The van der Waals surface area contributed by atoms with Crippen molar-refractivity contribution >= 4 is 34.2 Å². The van der Waals surface area contributed by atoms with E-state index in [1.807, 2.05) is 0 Å². The zero-order valence-electron chi connectivity index (χ0n) is 15.4. The summed E-state index contributed by atoms with van der Waals surface area (Å²) < 4.78 is 41.9. The number of carbonyl (C=O) groups is 1. The summed E-state index contributed by atoms with van der Waals surface area (Å²) in [6, 6.07) is 19.8. The van der Waals surface area contributed by atoms with Gasteiger partial charge in [-0.05, 0) is 35.9 Å². The summed E-state index contributed by atoms with van der Waals surface area (Å²) in [5, 5.41) is 2.93. The number of amides is 1. The van der Waals surface area contributed by atoms with E-state index < -0.39 is 17.9 Å². The number of hydrogen-bond donors (Lipinski definition) is 1. The molecule has 0 aliphatic carbocycles. The number of nitrogens with one attached hydrogen (secondary N) is 1. The Morgan fingerprint density at radius 1 is 1.00 bits per heavy atom. The molecule has 3 aromatic carbocycles. The van der Waals surface area contributed by atoms with Crippen LogP contribution in [0.2, 0.25) is 5.02 Å². The van der Waals surface area contributed by atoms with Gasteiger partial charge in [0.1, 0.15) is 0 Å². The molecule has 0 aliphatic heterocycles. The Bertz CT molecular complexity index is 1220. The van der Waals surface area contributed by atoms with Crippen LogP contribution in [-0.2, 0) is 12.7 Å². The van der Waals surface area contributed by atoms with Crippen LogP contribution in [0.15, 0.2) is 72.8 Å². The van der Waals surface area contributed by atoms with Crippen molar-refractivity contribution in [1.82, 2.24) is 9.55 Å². The van der Waals surface area contributed by atoms with E-state index in [0.29, 0.717) is 11.2 Å². The van der Waals surface area contributed by atoms with E-state index in [9.17, 15) is 18.0 Å². The zero-order chi connectivity index (χ0) is 21.3. The predicted molar refractivity (Wildman–Crippen MR) is 110 cm³/mol. The third-order valence-corrected chi connectivity index (χ3v) is 4.89. The molecule has 4 rings (SSSR count). The van der Waals surface area contributed by atoms with Crippen LogP contribution in [0.3, 0.4) is 0 Å². The first kappa shape index (κ1) is 20.0. The number of anilines is 1. The lowest BCUT2D eigenvalue weighted by Crippen LogP contribution is -2.15. The second kappa shape index (κ2) is 7.84. The number of benzene rings is 3. The fourth-order valence-electron chi connectivity index (χ4n) is 3.19. The number of rotatable bonds is 4. The summed E-state index contributed by atoms with van der Waals surface area (Å²) in [7, 11) is 0. The van der Waals surface area contributed by atoms with Crippen LogP contribution >= 0.6 is 11.6 Å². The highest BCUT2D eigenvalue weighted by Crippen LogP contribution is 2.33. The SMILES string of the molecule is O=C(Nc1ccc2c(c1)nc(C(F)(F)F)n2Cc1ccccc1)c1ccccc1Cl. The molecule has 0 radical (unpaired) electrons. The molecule has 1 amide bonds. The van der Waals surface area contributed by atoms with Gasteiger partial charge in [0.2, 0.25) is 5.82 Å². The van der Waals surface area contributed by atoms with Crippen LogP contribution in [0.25, 0.3) is 11.0 Å². The number of alkyl halides is 3. The summed E-state index contributed by atoms with van der Waals surface area (Å²) in [5.74, 6) is -1.45. The van der Waals surface area contributed by atoms with Crippen molar-refractivity contribution in [3.63, 3.8) is 0 Å². The van der Waals surface area contributed by atoms with Gasteiger partial charge in [-0.15, -0.1) is 0 Å². The first-order chi connectivity index (χ1) is 14.3. The van der Waals surface area contributed by atoms with Crippen molar-refractivity contribution < 1.29 is 18.0 Å². The third-order valence-electron chi connectivity index (χ3n) is 4.56. The fraction of sp³-hybridized carbons (Fsp3) is 0.0909. The van der Waals surface area contributed by atoms with Crippen LogP contribution < -0.4 is 5.32 Å². The van der Waals surface area contributed by atoms with E-state index in [-0.39, 0.29) is 22.6 Å². The lowest BCUT2D eigenvalue weighted by atomic mass is 10.2. The minimum atomic E-state index is -4.62. The number of imidazole rings is 1.